The van der Waals surface area contributed by atoms with Crippen LogP contribution >= 0.6 is 0 Å². The summed E-state index contributed by atoms with van der Waals surface area (Å²) in [6.45, 7) is 1.94. The van der Waals surface area contributed by atoms with Crippen molar-refractivity contribution in [3.05, 3.63) is 53.1 Å². The van der Waals surface area contributed by atoms with E-state index >= 15 is 0 Å². The molecule has 1 aromatic heterocycles. The largest absolute Gasteiger partial charge is 0.482 e. The maximum absolute atomic E-state index is 12.9. The zero-order chi connectivity index (χ0) is 22.7. The van der Waals surface area contributed by atoms with Crippen LogP contribution in [0.25, 0.3) is 0 Å². The number of carbonyl (C=O) groups is 2. The number of ketones is 1. The van der Waals surface area contributed by atoms with Crippen molar-refractivity contribution in [2.75, 3.05) is 0 Å². The van der Waals surface area contributed by atoms with E-state index in [1.807, 2.05) is 19.1 Å². The Balaban J connectivity index is 1.15. The van der Waals surface area contributed by atoms with Crippen molar-refractivity contribution in [2.45, 2.75) is 63.2 Å². The van der Waals surface area contributed by atoms with Crippen molar-refractivity contribution in [1.29, 1.82) is 0 Å². The summed E-state index contributed by atoms with van der Waals surface area (Å²) >= 11 is 0. The number of nitrogens with zero attached hydrogens (tertiary/aromatic N) is 2. The van der Waals surface area contributed by atoms with Gasteiger partial charge in [-0.2, -0.15) is 0 Å². The Morgan fingerprint density at radius 2 is 2.00 bits per heavy atom. The standard InChI is InChI=1S/C23H23F2N3O4/c1-12-2-3-18-13(4-12)16(29)5-19(32-18)17(30)6-22-9-23(10-22,11-22)28-21(31)15-8-26-14(7-27-15)20(24)25/h2-4,7-8,16,19-20,29H,5-6,9-11H2,1H3,(H,28,31)/t16-,19-,22?,23?/m1/s1. The SMILES string of the molecule is Cc1ccc2c(c1)[C@H](O)C[C@H](C(=O)CC13CC(NC(=O)c4cnc(C(F)F)cn4)(C1)C3)O2. The second-order valence-corrected chi connectivity index (χ2v) is 9.43. The predicted octanol–water partition coefficient (Wildman–Crippen LogP) is 3.22. The third kappa shape index (κ3) is 3.54. The molecule has 1 amide bonds. The summed E-state index contributed by atoms with van der Waals surface area (Å²) in [5.74, 6) is 0.0555. The molecule has 2 atom stereocenters. The first-order chi connectivity index (χ1) is 15.2. The molecule has 4 aliphatic rings. The molecule has 9 heteroatoms. The number of rotatable bonds is 6. The second-order valence-electron chi connectivity index (χ2n) is 9.43. The maximum atomic E-state index is 12.9. The van der Waals surface area contributed by atoms with Crippen molar-refractivity contribution in [1.82, 2.24) is 15.3 Å². The quantitative estimate of drug-likeness (QED) is 0.711. The van der Waals surface area contributed by atoms with Crippen LogP contribution in [0.15, 0.2) is 30.6 Å². The molecule has 0 spiro atoms. The molecule has 2 aromatic rings. The van der Waals surface area contributed by atoms with Crippen LogP contribution in [0.5, 0.6) is 5.75 Å². The maximum Gasteiger partial charge on any atom is 0.281 e. The summed E-state index contributed by atoms with van der Waals surface area (Å²) in [7, 11) is 0. The van der Waals surface area contributed by atoms with E-state index in [1.165, 1.54) is 0 Å². The van der Waals surface area contributed by atoms with Crippen LogP contribution in [0.2, 0.25) is 0 Å². The van der Waals surface area contributed by atoms with Gasteiger partial charge in [0.2, 0.25) is 0 Å². The van der Waals surface area contributed by atoms with Gasteiger partial charge in [-0.1, -0.05) is 11.6 Å². The molecule has 0 radical (unpaired) electrons. The Labute approximate surface area is 183 Å². The number of aliphatic hydroxyl groups is 1. The highest BCUT2D eigenvalue weighted by Gasteiger charge is 2.69. The summed E-state index contributed by atoms with van der Waals surface area (Å²) in [6.07, 6.45) is 0.397. The molecule has 6 rings (SSSR count). The summed E-state index contributed by atoms with van der Waals surface area (Å²) in [6, 6.07) is 5.55. The average molecular weight is 443 g/mol. The molecule has 3 aliphatic carbocycles. The van der Waals surface area contributed by atoms with E-state index in [-0.39, 0.29) is 28.9 Å². The highest BCUT2D eigenvalue weighted by Crippen LogP contribution is 2.69. The number of hydrogen-bond acceptors (Lipinski definition) is 6. The molecule has 1 aromatic carbocycles. The number of carbonyl (C=O) groups excluding carboxylic acids is 2. The molecule has 2 heterocycles. The van der Waals surface area contributed by atoms with Crippen molar-refractivity contribution >= 4 is 11.7 Å². The molecule has 32 heavy (non-hydrogen) atoms. The summed E-state index contributed by atoms with van der Waals surface area (Å²) in [5.41, 5.74) is 0.717. The van der Waals surface area contributed by atoms with Gasteiger partial charge in [0.25, 0.3) is 12.3 Å². The predicted molar refractivity (Wildman–Crippen MR) is 108 cm³/mol. The zero-order valence-electron chi connectivity index (χ0n) is 17.5. The molecular weight excluding hydrogens is 420 g/mol. The lowest BCUT2D eigenvalue weighted by molar-refractivity contribution is -0.166. The van der Waals surface area contributed by atoms with Crippen LogP contribution < -0.4 is 10.1 Å². The van der Waals surface area contributed by atoms with Gasteiger partial charge in [0.05, 0.1) is 18.5 Å². The first-order valence-corrected chi connectivity index (χ1v) is 10.6. The number of aliphatic hydroxyl groups excluding tert-OH is 1. The zero-order valence-corrected chi connectivity index (χ0v) is 17.5. The van der Waals surface area contributed by atoms with Gasteiger partial charge in [-0.25, -0.2) is 13.8 Å². The van der Waals surface area contributed by atoms with Gasteiger partial charge in [-0.3, -0.25) is 14.6 Å². The van der Waals surface area contributed by atoms with E-state index in [2.05, 4.69) is 15.3 Å². The topological polar surface area (TPSA) is 101 Å². The Hall–Kier alpha value is -2.94. The fourth-order valence-corrected chi connectivity index (χ4v) is 5.44. The lowest BCUT2D eigenvalue weighted by Crippen LogP contribution is -2.75. The number of Topliss-reactive ketones (excluding diaryl/α,β-unsaturated/α-hetero) is 1. The molecule has 3 fully saturated rings. The van der Waals surface area contributed by atoms with E-state index in [0.717, 1.165) is 18.0 Å². The van der Waals surface area contributed by atoms with E-state index in [0.29, 0.717) is 37.0 Å². The van der Waals surface area contributed by atoms with Crippen LogP contribution in [0.1, 0.15) is 71.9 Å². The number of hydrogen-bond donors (Lipinski definition) is 2. The number of benzene rings is 1. The van der Waals surface area contributed by atoms with E-state index in [1.54, 1.807) is 6.07 Å². The first kappa shape index (κ1) is 20.9. The lowest BCUT2D eigenvalue weighted by atomic mass is 9.38. The minimum absolute atomic E-state index is 0.0113. The van der Waals surface area contributed by atoms with Crippen molar-refractivity contribution in [3.8, 4) is 5.75 Å². The van der Waals surface area contributed by atoms with Gasteiger partial charge in [0.15, 0.2) is 11.9 Å². The second kappa shape index (κ2) is 7.30. The Kier molecular flexibility index (Phi) is 4.77. The van der Waals surface area contributed by atoms with Crippen LogP contribution in [0.3, 0.4) is 0 Å². The number of amides is 1. The molecule has 2 bridgehead atoms. The van der Waals surface area contributed by atoms with Crippen LogP contribution in [0.4, 0.5) is 8.78 Å². The van der Waals surface area contributed by atoms with E-state index in [9.17, 15) is 23.5 Å². The number of nitrogens with one attached hydrogen (secondary N) is 1. The Morgan fingerprint density at radius 1 is 1.25 bits per heavy atom. The first-order valence-electron chi connectivity index (χ1n) is 10.6. The van der Waals surface area contributed by atoms with Crippen molar-refractivity contribution < 1.29 is 28.2 Å². The third-order valence-corrected chi connectivity index (χ3v) is 6.79. The smallest absolute Gasteiger partial charge is 0.281 e. The summed E-state index contributed by atoms with van der Waals surface area (Å²) < 4.78 is 31.0. The monoisotopic (exact) mass is 443 g/mol. The number of aromatic nitrogens is 2. The Bertz CT molecular complexity index is 1070. The number of halogens is 2. The number of alkyl halides is 2. The Morgan fingerprint density at radius 3 is 2.66 bits per heavy atom. The number of fused-ring (bicyclic) bond motifs is 1. The molecule has 1 aliphatic heterocycles. The molecule has 0 unspecified atom stereocenters. The molecule has 2 N–H and O–H groups in total. The van der Waals surface area contributed by atoms with E-state index in [4.69, 9.17) is 4.74 Å². The lowest BCUT2D eigenvalue weighted by Gasteiger charge is -2.70. The summed E-state index contributed by atoms with van der Waals surface area (Å²) in [5, 5.41) is 13.4. The van der Waals surface area contributed by atoms with Gasteiger partial charge >= 0.3 is 0 Å². The number of aryl methyl sites for hydroxylation is 1. The highest BCUT2D eigenvalue weighted by molar-refractivity contribution is 5.93. The van der Waals surface area contributed by atoms with Gasteiger partial charge < -0.3 is 15.2 Å². The average Bonchev–Trinajstić information content (AvgIpc) is 2.71. The molecule has 7 nitrogen and oxygen atoms in total. The molecule has 3 saturated carbocycles. The third-order valence-electron chi connectivity index (χ3n) is 6.79. The van der Waals surface area contributed by atoms with E-state index < -0.39 is 30.2 Å². The molecule has 168 valence electrons. The number of ether oxygens (including phenoxy) is 1. The van der Waals surface area contributed by atoms with Crippen molar-refractivity contribution in [2.24, 2.45) is 5.41 Å². The van der Waals surface area contributed by atoms with Gasteiger partial charge in [0, 0.05) is 23.9 Å². The fraction of sp³-hybridized carbons (Fsp3) is 0.478. The van der Waals surface area contributed by atoms with Crippen LogP contribution in [0, 0.1) is 12.3 Å². The van der Waals surface area contributed by atoms with Crippen LogP contribution in [-0.2, 0) is 4.79 Å². The van der Waals surface area contributed by atoms with Crippen LogP contribution in [-0.4, -0.2) is 38.4 Å². The minimum atomic E-state index is -2.73. The van der Waals surface area contributed by atoms with Gasteiger partial charge in [-0.15, -0.1) is 0 Å². The highest BCUT2D eigenvalue weighted by atomic mass is 19.3. The molecular formula is C23H23F2N3O4. The summed E-state index contributed by atoms with van der Waals surface area (Å²) in [4.78, 5) is 32.6. The van der Waals surface area contributed by atoms with Gasteiger partial charge in [0.1, 0.15) is 17.1 Å². The minimum Gasteiger partial charge on any atom is -0.482 e. The van der Waals surface area contributed by atoms with Crippen molar-refractivity contribution in [3.63, 3.8) is 0 Å². The normalized spacial score (nSPS) is 29.9. The molecule has 0 saturated heterocycles. The van der Waals surface area contributed by atoms with Gasteiger partial charge in [-0.05, 0) is 43.7 Å². The fourth-order valence-electron chi connectivity index (χ4n) is 5.44.